The van der Waals surface area contributed by atoms with Crippen molar-refractivity contribution >= 4 is 0 Å². The second kappa shape index (κ2) is 3.75. The number of hydrogen-bond acceptors (Lipinski definition) is 1. The Bertz CT molecular complexity index is 114. The van der Waals surface area contributed by atoms with Gasteiger partial charge < -0.3 is 9.22 Å². The zero-order chi connectivity index (χ0) is 9.99. The van der Waals surface area contributed by atoms with Gasteiger partial charge >= 0.3 is 0 Å². The molecule has 0 saturated heterocycles. The summed E-state index contributed by atoms with van der Waals surface area (Å²) in [4.78, 5) is 0. The number of ether oxygens (including phenoxy) is 1. The molecule has 0 N–H and O–H groups in total. The fourth-order valence-electron chi connectivity index (χ4n) is 1.41. The molecule has 0 saturated carbocycles. The van der Waals surface area contributed by atoms with Crippen LogP contribution >= 0.6 is 0 Å². The van der Waals surface area contributed by atoms with E-state index >= 15 is 0 Å². The van der Waals surface area contributed by atoms with Crippen LogP contribution in [0.25, 0.3) is 0 Å². The van der Waals surface area contributed by atoms with Crippen LogP contribution in [0, 0.1) is 0 Å². The smallest absolute Gasteiger partial charge is 0.104 e. The molecule has 1 unspecified atom stereocenters. The molecular weight excluding hydrogens is 150 g/mol. The minimum absolute atomic E-state index is 0.0193. The van der Waals surface area contributed by atoms with E-state index in [1.807, 2.05) is 0 Å². The van der Waals surface area contributed by atoms with Crippen molar-refractivity contribution in [2.75, 3.05) is 27.7 Å². The molecule has 0 aliphatic rings. The number of nitrogens with zero attached hydrogens (tertiary/aromatic N) is 1. The van der Waals surface area contributed by atoms with E-state index in [4.69, 9.17) is 4.74 Å². The first-order valence-corrected chi connectivity index (χ1v) is 4.58. The van der Waals surface area contributed by atoms with Crippen molar-refractivity contribution in [2.45, 2.75) is 39.4 Å². The van der Waals surface area contributed by atoms with Crippen molar-refractivity contribution in [2.24, 2.45) is 0 Å². The number of quaternary nitrogens is 1. The Morgan fingerprint density at radius 2 is 1.58 bits per heavy atom. The summed E-state index contributed by atoms with van der Waals surface area (Å²) in [7, 11) is 6.55. The summed E-state index contributed by atoms with van der Waals surface area (Å²) in [5.74, 6) is 0. The molecule has 0 radical (unpaired) electrons. The van der Waals surface area contributed by atoms with Crippen LogP contribution in [0.15, 0.2) is 0 Å². The predicted molar refractivity (Wildman–Crippen MR) is 53.2 cm³/mol. The van der Waals surface area contributed by atoms with Gasteiger partial charge in [-0.25, -0.2) is 0 Å². The normalized spacial score (nSPS) is 16.2. The lowest BCUT2D eigenvalue weighted by molar-refractivity contribution is -0.873. The SMILES string of the molecule is CC(C[N+](C)(C)C)OC(C)(C)C. The van der Waals surface area contributed by atoms with Crippen molar-refractivity contribution < 1.29 is 9.22 Å². The molecule has 74 valence electrons. The largest absolute Gasteiger partial charge is 0.367 e. The Labute approximate surface area is 77.1 Å². The monoisotopic (exact) mass is 174 g/mol. The quantitative estimate of drug-likeness (QED) is 0.594. The lowest BCUT2D eigenvalue weighted by Gasteiger charge is -2.31. The van der Waals surface area contributed by atoms with E-state index < -0.39 is 0 Å². The minimum Gasteiger partial charge on any atom is -0.367 e. The standard InChI is InChI=1S/C10H24NO/c1-9(8-11(5,6)7)12-10(2,3)4/h9H,8H2,1-7H3/q+1. The highest BCUT2D eigenvalue weighted by Gasteiger charge is 2.20. The summed E-state index contributed by atoms with van der Waals surface area (Å²) in [5, 5.41) is 0. The average Bonchev–Trinajstić information content (AvgIpc) is 1.49. The maximum absolute atomic E-state index is 5.80. The molecule has 0 aromatic rings. The van der Waals surface area contributed by atoms with Crippen LogP contribution in [0.2, 0.25) is 0 Å². The van der Waals surface area contributed by atoms with Gasteiger partial charge in [0.2, 0.25) is 0 Å². The van der Waals surface area contributed by atoms with E-state index in [9.17, 15) is 0 Å². The summed E-state index contributed by atoms with van der Waals surface area (Å²) < 4.78 is 6.75. The van der Waals surface area contributed by atoms with Crippen molar-refractivity contribution in [1.29, 1.82) is 0 Å². The molecule has 0 fully saturated rings. The fraction of sp³-hybridized carbons (Fsp3) is 1.00. The van der Waals surface area contributed by atoms with E-state index in [1.165, 1.54) is 0 Å². The van der Waals surface area contributed by atoms with Crippen LogP contribution in [0.4, 0.5) is 0 Å². The molecule has 0 aromatic carbocycles. The third-order valence-corrected chi connectivity index (χ3v) is 1.36. The van der Waals surface area contributed by atoms with Gasteiger partial charge in [0.1, 0.15) is 12.6 Å². The highest BCUT2D eigenvalue weighted by Crippen LogP contribution is 2.11. The lowest BCUT2D eigenvalue weighted by Crippen LogP contribution is -2.43. The molecule has 0 bridgehead atoms. The fourth-order valence-corrected chi connectivity index (χ4v) is 1.41. The van der Waals surface area contributed by atoms with Crippen molar-refractivity contribution in [3.8, 4) is 0 Å². The highest BCUT2D eigenvalue weighted by atomic mass is 16.5. The van der Waals surface area contributed by atoms with E-state index in [1.54, 1.807) is 0 Å². The molecule has 2 heteroatoms. The van der Waals surface area contributed by atoms with Gasteiger partial charge in [-0.15, -0.1) is 0 Å². The molecule has 0 aliphatic heterocycles. The Morgan fingerprint density at radius 1 is 1.17 bits per heavy atom. The second-order valence-electron chi connectivity index (χ2n) is 5.51. The average molecular weight is 174 g/mol. The summed E-state index contributed by atoms with van der Waals surface area (Å²) in [6.07, 6.45) is 0.324. The van der Waals surface area contributed by atoms with Crippen LogP contribution in [0.3, 0.4) is 0 Å². The van der Waals surface area contributed by atoms with Gasteiger partial charge in [-0.3, -0.25) is 0 Å². The zero-order valence-electron chi connectivity index (χ0n) is 9.64. The molecule has 2 nitrogen and oxygen atoms in total. The molecule has 0 aromatic heterocycles. The van der Waals surface area contributed by atoms with Crippen LogP contribution in [0.1, 0.15) is 27.7 Å². The third-order valence-electron chi connectivity index (χ3n) is 1.36. The van der Waals surface area contributed by atoms with Gasteiger partial charge in [-0.05, 0) is 27.7 Å². The highest BCUT2D eigenvalue weighted by molar-refractivity contribution is 4.62. The van der Waals surface area contributed by atoms with Crippen LogP contribution in [0.5, 0.6) is 0 Å². The topological polar surface area (TPSA) is 9.23 Å². The van der Waals surface area contributed by atoms with Gasteiger partial charge in [-0.2, -0.15) is 0 Å². The molecule has 12 heavy (non-hydrogen) atoms. The first-order valence-electron chi connectivity index (χ1n) is 4.58. The summed E-state index contributed by atoms with van der Waals surface area (Å²) in [5.41, 5.74) is -0.0193. The van der Waals surface area contributed by atoms with Crippen LogP contribution in [-0.2, 0) is 4.74 Å². The van der Waals surface area contributed by atoms with E-state index in [2.05, 4.69) is 48.8 Å². The molecule has 0 amide bonds. The first-order chi connectivity index (χ1) is 5.10. The second-order valence-corrected chi connectivity index (χ2v) is 5.51. The maximum atomic E-state index is 5.80. The van der Waals surface area contributed by atoms with Crippen molar-refractivity contribution in [1.82, 2.24) is 0 Å². The molecule has 0 heterocycles. The van der Waals surface area contributed by atoms with Gasteiger partial charge in [0.05, 0.1) is 26.7 Å². The van der Waals surface area contributed by atoms with Gasteiger partial charge in [0, 0.05) is 0 Å². The molecule has 1 atom stereocenters. The Hall–Kier alpha value is -0.0800. The maximum Gasteiger partial charge on any atom is 0.104 e. The Kier molecular flexibility index (Phi) is 3.73. The number of hydrogen-bond donors (Lipinski definition) is 0. The molecular formula is C10H24NO+. The third kappa shape index (κ3) is 8.02. The van der Waals surface area contributed by atoms with Crippen molar-refractivity contribution in [3.05, 3.63) is 0 Å². The summed E-state index contributed by atoms with van der Waals surface area (Å²) >= 11 is 0. The van der Waals surface area contributed by atoms with Gasteiger partial charge in [0.15, 0.2) is 0 Å². The molecule has 0 spiro atoms. The van der Waals surface area contributed by atoms with Gasteiger partial charge in [0.25, 0.3) is 0 Å². The number of rotatable bonds is 3. The predicted octanol–water partition coefficient (Wildman–Crippen LogP) is 1.90. The van der Waals surface area contributed by atoms with Gasteiger partial charge in [-0.1, -0.05) is 0 Å². The van der Waals surface area contributed by atoms with Crippen LogP contribution < -0.4 is 0 Å². The lowest BCUT2D eigenvalue weighted by atomic mass is 10.2. The summed E-state index contributed by atoms with van der Waals surface area (Å²) in [6.45, 7) is 9.48. The minimum atomic E-state index is -0.0193. The number of likely N-dealkylation sites (N-methyl/N-ethyl adjacent to an activating group) is 1. The van der Waals surface area contributed by atoms with E-state index in [0.717, 1.165) is 11.0 Å². The van der Waals surface area contributed by atoms with Crippen LogP contribution in [-0.4, -0.2) is 43.9 Å². The molecule has 0 rings (SSSR count). The summed E-state index contributed by atoms with van der Waals surface area (Å²) in [6, 6.07) is 0. The molecule has 0 aliphatic carbocycles. The van der Waals surface area contributed by atoms with E-state index in [0.29, 0.717) is 6.10 Å². The Morgan fingerprint density at radius 3 is 1.83 bits per heavy atom. The van der Waals surface area contributed by atoms with Crippen molar-refractivity contribution in [3.63, 3.8) is 0 Å². The Balaban J connectivity index is 3.83. The first kappa shape index (κ1) is 11.9. The van der Waals surface area contributed by atoms with E-state index in [-0.39, 0.29) is 5.60 Å². The zero-order valence-corrected chi connectivity index (χ0v) is 9.64.